The molecule has 0 bridgehead atoms. The van der Waals surface area contributed by atoms with Gasteiger partial charge in [0, 0.05) is 0 Å². The third-order valence-corrected chi connectivity index (χ3v) is 9.64. The fourth-order valence-electron chi connectivity index (χ4n) is 6.91. The van der Waals surface area contributed by atoms with Gasteiger partial charge in [-0.2, -0.15) is 0 Å². The molecule has 8 nitrogen and oxygen atoms in total. The van der Waals surface area contributed by atoms with Gasteiger partial charge in [0.1, 0.15) is 23.0 Å². The maximum atomic E-state index is 13.5. The number of fused-ring (bicyclic) bond motifs is 2. The lowest BCUT2D eigenvalue weighted by Crippen LogP contribution is -2.29. The number of ether oxygens (including phenoxy) is 2. The van der Waals surface area contributed by atoms with E-state index in [0.29, 0.717) is 64.8 Å². The summed E-state index contributed by atoms with van der Waals surface area (Å²) in [7, 11) is 0. The molecule has 0 aliphatic carbocycles. The van der Waals surface area contributed by atoms with Crippen LogP contribution in [0.3, 0.4) is 0 Å². The van der Waals surface area contributed by atoms with Gasteiger partial charge in [0.25, 0.3) is 23.6 Å². The maximum absolute atomic E-state index is 13.5. The van der Waals surface area contributed by atoms with Crippen LogP contribution in [0, 0.1) is 0 Å². The van der Waals surface area contributed by atoms with E-state index in [1.807, 2.05) is 72.8 Å². The number of carbonyl (C=O) groups is 4. The van der Waals surface area contributed by atoms with Crippen LogP contribution in [0.2, 0.25) is 0 Å². The van der Waals surface area contributed by atoms with Crippen LogP contribution >= 0.6 is 0 Å². The second-order valence-corrected chi connectivity index (χ2v) is 13.2. The molecule has 0 aromatic heterocycles. The van der Waals surface area contributed by atoms with Crippen molar-refractivity contribution in [2.45, 2.75) is 19.3 Å². The molecule has 268 valence electrons. The van der Waals surface area contributed by atoms with E-state index >= 15 is 0 Å². The Labute approximate surface area is 318 Å². The molecule has 0 saturated carbocycles. The first-order valence-electron chi connectivity index (χ1n) is 17.8. The van der Waals surface area contributed by atoms with Crippen molar-refractivity contribution in [3.05, 3.63) is 203 Å². The van der Waals surface area contributed by atoms with Gasteiger partial charge in [-0.3, -0.25) is 19.2 Å². The number of para-hydroxylation sites is 2. The minimum atomic E-state index is -0.418. The van der Waals surface area contributed by atoms with Crippen molar-refractivity contribution < 1.29 is 28.7 Å². The Hall–Kier alpha value is -7.32. The van der Waals surface area contributed by atoms with Crippen molar-refractivity contribution in [1.29, 1.82) is 0 Å². The fraction of sp³-hybridized carbons (Fsp3) is 0.0638. The summed E-state index contributed by atoms with van der Waals surface area (Å²) in [5.41, 5.74) is 5.94. The molecule has 55 heavy (non-hydrogen) atoms. The Balaban J connectivity index is 0.930. The summed E-state index contributed by atoms with van der Waals surface area (Å²) in [5.74, 6) is 0.615. The van der Waals surface area contributed by atoms with Crippen LogP contribution in [-0.2, 0) is 19.3 Å². The second kappa shape index (κ2) is 14.6. The lowest BCUT2D eigenvalue weighted by atomic mass is 10.0. The van der Waals surface area contributed by atoms with Gasteiger partial charge in [-0.1, -0.05) is 72.8 Å². The molecule has 6 aromatic carbocycles. The van der Waals surface area contributed by atoms with Crippen LogP contribution in [0.15, 0.2) is 159 Å². The van der Waals surface area contributed by atoms with Gasteiger partial charge < -0.3 is 9.47 Å². The number of rotatable bonds is 12. The van der Waals surface area contributed by atoms with Gasteiger partial charge >= 0.3 is 0 Å². The molecule has 4 amide bonds. The van der Waals surface area contributed by atoms with Crippen LogP contribution < -0.4 is 19.3 Å². The molecule has 0 atom stereocenters. The zero-order valence-electron chi connectivity index (χ0n) is 29.7. The van der Waals surface area contributed by atoms with Crippen molar-refractivity contribution in [1.82, 2.24) is 0 Å². The number of imide groups is 2. The second-order valence-electron chi connectivity index (χ2n) is 13.2. The normalized spacial score (nSPS) is 13.2. The molecule has 0 unspecified atom stereocenters. The van der Waals surface area contributed by atoms with Gasteiger partial charge in [0.05, 0.1) is 33.6 Å². The minimum absolute atomic E-state index is 0.282. The predicted molar refractivity (Wildman–Crippen MR) is 212 cm³/mol. The summed E-state index contributed by atoms with van der Waals surface area (Å²) in [6.45, 7) is 7.61. The van der Waals surface area contributed by atoms with Gasteiger partial charge in [0.15, 0.2) is 0 Å². The molecule has 0 radical (unpaired) electrons. The Morgan fingerprint density at radius 3 is 1.24 bits per heavy atom. The molecule has 2 aliphatic rings. The number of nitrogens with zero attached hydrogens (tertiary/aromatic N) is 2. The zero-order chi connectivity index (χ0) is 38.1. The summed E-state index contributed by atoms with van der Waals surface area (Å²) in [6.07, 6.45) is 5.41. The van der Waals surface area contributed by atoms with Crippen LogP contribution in [0.4, 0.5) is 11.4 Å². The molecule has 8 heteroatoms. The maximum Gasteiger partial charge on any atom is 0.266 e. The van der Waals surface area contributed by atoms with E-state index < -0.39 is 23.6 Å². The van der Waals surface area contributed by atoms with Crippen LogP contribution in [-0.4, -0.2) is 23.6 Å². The fourth-order valence-corrected chi connectivity index (χ4v) is 6.91. The van der Waals surface area contributed by atoms with Crippen molar-refractivity contribution in [3.63, 3.8) is 0 Å². The molecular formula is C47H34N2O6. The summed E-state index contributed by atoms with van der Waals surface area (Å²) in [4.78, 5) is 56.1. The van der Waals surface area contributed by atoms with E-state index in [1.165, 1.54) is 9.80 Å². The van der Waals surface area contributed by atoms with E-state index in [4.69, 9.17) is 9.47 Å². The monoisotopic (exact) mass is 722 g/mol. The highest BCUT2D eigenvalue weighted by Gasteiger charge is 2.38. The van der Waals surface area contributed by atoms with E-state index in [0.717, 1.165) is 22.3 Å². The number of carbonyl (C=O) groups excluding carboxylic acids is 4. The van der Waals surface area contributed by atoms with Crippen LogP contribution in [0.25, 0.3) is 0 Å². The van der Waals surface area contributed by atoms with Crippen molar-refractivity contribution in [2.24, 2.45) is 0 Å². The van der Waals surface area contributed by atoms with Gasteiger partial charge in [-0.05, 0) is 114 Å². The Kier molecular flexibility index (Phi) is 9.22. The molecule has 6 aromatic rings. The van der Waals surface area contributed by atoms with Crippen LogP contribution in [0.1, 0.15) is 63.7 Å². The largest absolute Gasteiger partial charge is 0.457 e. The summed E-state index contributed by atoms with van der Waals surface area (Å²) < 4.78 is 12.2. The van der Waals surface area contributed by atoms with Gasteiger partial charge in [-0.15, -0.1) is 13.2 Å². The molecule has 2 heterocycles. The quantitative estimate of drug-likeness (QED) is 0.0923. The highest BCUT2D eigenvalue weighted by atomic mass is 16.5. The Bertz CT molecular complexity index is 2360. The molecule has 2 aliphatic heterocycles. The number of hydrogen-bond donors (Lipinski definition) is 0. The third kappa shape index (κ3) is 6.62. The van der Waals surface area contributed by atoms with E-state index in [-0.39, 0.29) is 11.1 Å². The average molecular weight is 723 g/mol. The first-order valence-corrected chi connectivity index (χ1v) is 17.8. The number of allylic oxidation sites excluding steroid dienone is 2. The number of benzene rings is 6. The molecular weight excluding hydrogens is 689 g/mol. The summed E-state index contributed by atoms with van der Waals surface area (Å²) in [6, 6.07) is 39.6. The lowest BCUT2D eigenvalue weighted by Gasteiger charge is -2.15. The number of hydrogen-bond acceptors (Lipinski definition) is 6. The number of amides is 4. The lowest BCUT2D eigenvalue weighted by molar-refractivity contribution is 0.0910. The first-order chi connectivity index (χ1) is 26.8. The first kappa shape index (κ1) is 34.7. The average Bonchev–Trinajstić information content (AvgIpc) is 3.60. The standard InChI is InChI=1S/C47H34N2O6/c1-3-9-32-11-5-7-13-42(32)54-36-23-25-38-40(28-36)46(52)48(44(38)50)34-19-15-30(16-20-34)27-31-17-21-35(22-18-31)49-45(51)39-26-24-37(29-41(39)47(49)53)55-43-14-8-6-12-33(43)10-4-2/h3-8,11-26,28-29H,1-2,9-10,27H2. The highest BCUT2D eigenvalue weighted by molar-refractivity contribution is 6.35. The molecule has 0 spiro atoms. The zero-order valence-corrected chi connectivity index (χ0v) is 29.7. The molecule has 0 fully saturated rings. The molecule has 0 saturated heterocycles. The van der Waals surface area contributed by atoms with Gasteiger partial charge in [0.2, 0.25) is 0 Å². The number of anilines is 2. The Morgan fingerprint density at radius 1 is 0.455 bits per heavy atom. The predicted octanol–water partition coefficient (Wildman–Crippen LogP) is 9.92. The van der Waals surface area contributed by atoms with Crippen molar-refractivity contribution in [3.8, 4) is 23.0 Å². The smallest absolute Gasteiger partial charge is 0.266 e. The SMILES string of the molecule is C=CCc1ccccc1Oc1ccc2c(c1)C(=O)N(c1ccc(Cc3ccc(N4C(=O)c5ccc(Oc6ccccc6CC=C)cc5C4=O)cc3)cc1)C2=O. The third-order valence-electron chi connectivity index (χ3n) is 9.64. The van der Waals surface area contributed by atoms with Gasteiger partial charge in [-0.25, -0.2) is 9.80 Å². The van der Waals surface area contributed by atoms with E-state index in [9.17, 15) is 19.2 Å². The van der Waals surface area contributed by atoms with Crippen molar-refractivity contribution >= 4 is 35.0 Å². The molecule has 8 rings (SSSR count). The minimum Gasteiger partial charge on any atom is -0.457 e. The van der Waals surface area contributed by atoms with E-state index in [1.54, 1.807) is 72.8 Å². The van der Waals surface area contributed by atoms with Crippen molar-refractivity contribution in [2.75, 3.05) is 9.80 Å². The van der Waals surface area contributed by atoms with E-state index in [2.05, 4.69) is 13.2 Å². The molecule has 0 N–H and O–H groups in total. The summed E-state index contributed by atoms with van der Waals surface area (Å²) >= 11 is 0. The summed E-state index contributed by atoms with van der Waals surface area (Å²) in [5, 5.41) is 0. The topological polar surface area (TPSA) is 93.2 Å². The Morgan fingerprint density at radius 2 is 0.836 bits per heavy atom. The van der Waals surface area contributed by atoms with Crippen LogP contribution in [0.5, 0.6) is 23.0 Å². The highest BCUT2D eigenvalue weighted by Crippen LogP contribution is 2.36.